The molecule has 0 spiro atoms. The summed E-state index contributed by atoms with van der Waals surface area (Å²) in [4.78, 5) is 4.38. The molecule has 2 N–H and O–H groups in total. The van der Waals surface area contributed by atoms with E-state index in [4.69, 9.17) is 26.6 Å². The molecule has 1 saturated carbocycles. The SMILES string of the molecule is COc1ccc(Cl)cc1-c1nc(C2(N)CCC2)no1. The normalized spacial score (nSPS) is 17.0. The van der Waals surface area contributed by atoms with Crippen LogP contribution in [0.5, 0.6) is 5.75 Å². The van der Waals surface area contributed by atoms with E-state index in [-0.39, 0.29) is 0 Å². The molecule has 0 bridgehead atoms. The van der Waals surface area contributed by atoms with Gasteiger partial charge in [-0.2, -0.15) is 4.98 Å². The molecular weight excluding hydrogens is 266 g/mol. The molecule has 19 heavy (non-hydrogen) atoms. The highest BCUT2D eigenvalue weighted by Gasteiger charge is 2.39. The Kier molecular flexibility index (Phi) is 2.95. The highest BCUT2D eigenvalue weighted by atomic mass is 35.5. The highest BCUT2D eigenvalue weighted by molar-refractivity contribution is 6.30. The lowest BCUT2D eigenvalue weighted by Crippen LogP contribution is -2.44. The number of benzene rings is 1. The lowest BCUT2D eigenvalue weighted by molar-refractivity contribution is 0.229. The summed E-state index contributed by atoms with van der Waals surface area (Å²) < 4.78 is 10.6. The maximum atomic E-state index is 6.17. The number of halogens is 1. The van der Waals surface area contributed by atoms with Gasteiger partial charge in [-0.05, 0) is 37.5 Å². The van der Waals surface area contributed by atoms with E-state index in [1.54, 1.807) is 25.3 Å². The number of nitrogens with two attached hydrogens (primary N) is 1. The molecule has 100 valence electrons. The third-order valence-corrected chi connectivity index (χ3v) is 3.74. The summed E-state index contributed by atoms with van der Waals surface area (Å²) in [5.74, 6) is 1.57. The Labute approximate surface area is 115 Å². The molecule has 0 amide bonds. The number of aromatic nitrogens is 2. The van der Waals surface area contributed by atoms with Gasteiger partial charge in [0.15, 0.2) is 5.82 Å². The Hall–Kier alpha value is -1.59. The second kappa shape index (κ2) is 4.51. The Morgan fingerprint density at radius 1 is 1.42 bits per heavy atom. The van der Waals surface area contributed by atoms with Crippen LogP contribution in [0.15, 0.2) is 22.7 Å². The van der Waals surface area contributed by atoms with Crippen molar-refractivity contribution in [3.05, 3.63) is 29.0 Å². The monoisotopic (exact) mass is 279 g/mol. The summed E-state index contributed by atoms with van der Waals surface area (Å²) in [5.41, 5.74) is 6.41. The molecular formula is C13H14ClN3O2. The molecule has 5 nitrogen and oxygen atoms in total. The molecule has 1 aromatic heterocycles. The zero-order chi connectivity index (χ0) is 13.5. The second-order valence-corrected chi connectivity index (χ2v) is 5.21. The number of methoxy groups -OCH3 is 1. The van der Waals surface area contributed by atoms with E-state index < -0.39 is 5.54 Å². The van der Waals surface area contributed by atoms with Crippen molar-refractivity contribution in [2.24, 2.45) is 5.73 Å². The van der Waals surface area contributed by atoms with Crippen molar-refractivity contribution in [2.45, 2.75) is 24.8 Å². The van der Waals surface area contributed by atoms with E-state index >= 15 is 0 Å². The first-order chi connectivity index (χ1) is 9.12. The van der Waals surface area contributed by atoms with Gasteiger partial charge >= 0.3 is 0 Å². The molecule has 0 unspecified atom stereocenters. The van der Waals surface area contributed by atoms with Crippen LogP contribution in [-0.2, 0) is 5.54 Å². The average molecular weight is 280 g/mol. The van der Waals surface area contributed by atoms with E-state index in [1.165, 1.54) is 0 Å². The van der Waals surface area contributed by atoms with E-state index in [9.17, 15) is 0 Å². The molecule has 3 rings (SSSR count). The molecule has 1 aliphatic carbocycles. The first kappa shape index (κ1) is 12.4. The Bertz CT molecular complexity index is 608. The number of hydrogen-bond acceptors (Lipinski definition) is 5. The largest absolute Gasteiger partial charge is 0.496 e. The first-order valence-electron chi connectivity index (χ1n) is 6.09. The van der Waals surface area contributed by atoms with Crippen molar-refractivity contribution in [3.8, 4) is 17.2 Å². The fourth-order valence-corrected chi connectivity index (χ4v) is 2.34. The maximum Gasteiger partial charge on any atom is 0.261 e. The van der Waals surface area contributed by atoms with Gasteiger partial charge < -0.3 is 15.0 Å². The molecule has 1 fully saturated rings. The molecule has 0 aliphatic heterocycles. The van der Waals surface area contributed by atoms with Crippen LogP contribution in [0.2, 0.25) is 5.02 Å². The Morgan fingerprint density at radius 2 is 2.21 bits per heavy atom. The summed E-state index contributed by atoms with van der Waals surface area (Å²) in [7, 11) is 1.58. The molecule has 0 radical (unpaired) electrons. The standard InChI is InChI=1S/C13H14ClN3O2/c1-18-10-4-3-8(14)7-9(10)11-16-12(17-19-11)13(15)5-2-6-13/h3-4,7H,2,5-6,15H2,1H3. The van der Waals surface area contributed by atoms with Crippen LogP contribution >= 0.6 is 11.6 Å². The van der Waals surface area contributed by atoms with Gasteiger partial charge in [0.1, 0.15) is 5.75 Å². The van der Waals surface area contributed by atoms with E-state index in [1.807, 2.05) is 0 Å². The average Bonchev–Trinajstić information content (AvgIpc) is 2.85. The Morgan fingerprint density at radius 3 is 2.84 bits per heavy atom. The summed E-state index contributed by atoms with van der Waals surface area (Å²) in [6, 6.07) is 5.25. The van der Waals surface area contributed by atoms with Gasteiger partial charge in [0.05, 0.1) is 18.2 Å². The van der Waals surface area contributed by atoms with Crippen LogP contribution < -0.4 is 10.5 Å². The lowest BCUT2D eigenvalue weighted by atomic mass is 9.77. The fourth-order valence-electron chi connectivity index (χ4n) is 2.16. The molecule has 1 aromatic carbocycles. The number of hydrogen-bond donors (Lipinski definition) is 1. The summed E-state index contributed by atoms with van der Waals surface area (Å²) in [6.07, 6.45) is 2.87. The first-order valence-corrected chi connectivity index (χ1v) is 6.47. The van der Waals surface area contributed by atoms with Gasteiger partial charge in [0.25, 0.3) is 5.89 Å². The van der Waals surface area contributed by atoms with Crippen LogP contribution in [0.25, 0.3) is 11.5 Å². The van der Waals surface area contributed by atoms with Crippen LogP contribution in [0.4, 0.5) is 0 Å². The van der Waals surface area contributed by atoms with Gasteiger partial charge in [-0.1, -0.05) is 16.8 Å². The van der Waals surface area contributed by atoms with Gasteiger partial charge in [0.2, 0.25) is 0 Å². The van der Waals surface area contributed by atoms with E-state index in [2.05, 4.69) is 10.1 Å². The molecule has 6 heteroatoms. The van der Waals surface area contributed by atoms with Gasteiger partial charge in [-0.3, -0.25) is 0 Å². The van der Waals surface area contributed by atoms with Gasteiger partial charge in [0, 0.05) is 5.02 Å². The molecule has 0 atom stereocenters. The molecule has 0 saturated heterocycles. The minimum absolute atomic E-state index is 0.381. The maximum absolute atomic E-state index is 6.17. The quantitative estimate of drug-likeness (QED) is 0.935. The minimum Gasteiger partial charge on any atom is -0.496 e. The second-order valence-electron chi connectivity index (χ2n) is 4.78. The number of ether oxygens (including phenoxy) is 1. The van der Waals surface area contributed by atoms with Crippen molar-refractivity contribution in [1.29, 1.82) is 0 Å². The molecule has 2 aromatic rings. The highest BCUT2D eigenvalue weighted by Crippen LogP contribution is 2.39. The molecule has 1 aliphatic rings. The third-order valence-electron chi connectivity index (χ3n) is 3.51. The fraction of sp³-hybridized carbons (Fsp3) is 0.385. The van der Waals surface area contributed by atoms with E-state index in [0.717, 1.165) is 19.3 Å². The zero-order valence-electron chi connectivity index (χ0n) is 10.5. The van der Waals surface area contributed by atoms with Gasteiger partial charge in [-0.25, -0.2) is 0 Å². The van der Waals surface area contributed by atoms with Crippen LogP contribution in [0.1, 0.15) is 25.1 Å². The number of rotatable bonds is 3. The Balaban J connectivity index is 2.01. The number of nitrogens with zero attached hydrogens (tertiary/aromatic N) is 2. The van der Waals surface area contributed by atoms with Crippen LogP contribution in [0, 0.1) is 0 Å². The van der Waals surface area contributed by atoms with Crippen molar-refractivity contribution < 1.29 is 9.26 Å². The van der Waals surface area contributed by atoms with Gasteiger partial charge in [-0.15, -0.1) is 0 Å². The predicted molar refractivity (Wildman–Crippen MR) is 71.0 cm³/mol. The van der Waals surface area contributed by atoms with Crippen molar-refractivity contribution in [1.82, 2.24) is 10.1 Å². The lowest BCUT2D eigenvalue weighted by Gasteiger charge is -2.34. The van der Waals surface area contributed by atoms with Crippen molar-refractivity contribution in [3.63, 3.8) is 0 Å². The van der Waals surface area contributed by atoms with Crippen LogP contribution in [0.3, 0.4) is 0 Å². The van der Waals surface area contributed by atoms with Crippen molar-refractivity contribution >= 4 is 11.6 Å². The topological polar surface area (TPSA) is 74.2 Å². The minimum atomic E-state index is -0.437. The molecule has 1 heterocycles. The van der Waals surface area contributed by atoms with Crippen molar-refractivity contribution in [2.75, 3.05) is 7.11 Å². The van der Waals surface area contributed by atoms with E-state index in [0.29, 0.717) is 28.1 Å². The third kappa shape index (κ3) is 2.09. The van der Waals surface area contributed by atoms with Crippen LogP contribution in [-0.4, -0.2) is 17.3 Å². The zero-order valence-corrected chi connectivity index (χ0v) is 11.3. The summed E-state index contributed by atoms with van der Waals surface area (Å²) in [6.45, 7) is 0. The smallest absolute Gasteiger partial charge is 0.261 e. The predicted octanol–water partition coefficient (Wildman–Crippen LogP) is 2.74. The summed E-state index contributed by atoms with van der Waals surface area (Å²) >= 11 is 5.99. The summed E-state index contributed by atoms with van der Waals surface area (Å²) in [5, 5.41) is 4.57.